The third kappa shape index (κ3) is 3.43. The lowest BCUT2D eigenvalue weighted by atomic mass is 10.1. The van der Waals surface area contributed by atoms with Gasteiger partial charge in [-0.15, -0.1) is 11.3 Å². The molecule has 3 aromatic rings. The maximum Gasteiger partial charge on any atom is 0.315 e. The fourth-order valence-electron chi connectivity index (χ4n) is 2.61. The number of nitrogens with one attached hydrogen (secondary N) is 1. The van der Waals surface area contributed by atoms with Crippen LogP contribution in [0.3, 0.4) is 0 Å². The van der Waals surface area contributed by atoms with Crippen LogP contribution in [-0.4, -0.2) is 23.5 Å². The number of rotatable bonds is 5. The minimum Gasteiger partial charge on any atom is -0.480 e. The normalized spacial score (nSPS) is 12.4. The molecule has 0 aliphatic carbocycles. The van der Waals surface area contributed by atoms with Crippen LogP contribution in [0.1, 0.15) is 5.56 Å². The van der Waals surface area contributed by atoms with E-state index in [0.717, 1.165) is 16.8 Å². The molecular weight excluding hydrogens is 352 g/mol. The van der Waals surface area contributed by atoms with Gasteiger partial charge in [-0.3, -0.25) is 14.9 Å². The molecule has 1 N–H and O–H groups in total. The van der Waals surface area contributed by atoms with Crippen molar-refractivity contribution in [3.63, 3.8) is 0 Å². The predicted octanol–water partition coefficient (Wildman–Crippen LogP) is 3.29. The van der Waals surface area contributed by atoms with Gasteiger partial charge in [0.15, 0.2) is 23.2 Å². The molecule has 0 fully saturated rings. The first-order valence-corrected chi connectivity index (χ1v) is 8.83. The Labute approximate surface area is 153 Å². The Morgan fingerprint density at radius 2 is 2.04 bits per heavy atom. The maximum absolute atomic E-state index is 12.1. The number of nitrogens with zero attached hydrogens (tertiary/aromatic N) is 1. The van der Waals surface area contributed by atoms with E-state index in [2.05, 4.69) is 10.3 Å². The van der Waals surface area contributed by atoms with Gasteiger partial charge in [-0.05, 0) is 6.07 Å². The molecule has 1 aliphatic rings. The van der Waals surface area contributed by atoms with E-state index in [1.807, 2.05) is 35.7 Å². The van der Waals surface area contributed by atoms with Gasteiger partial charge in [-0.1, -0.05) is 42.5 Å². The lowest BCUT2D eigenvalue weighted by Crippen LogP contribution is -2.20. The summed E-state index contributed by atoms with van der Waals surface area (Å²) in [6, 6.07) is 15.0. The number of aromatic nitrogens is 1. The average Bonchev–Trinajstić information content (AvgIpc) is 3.26. The Kier molecular flexibility index (Phi) is 4.37. The number of ether oxygens (including phenoxy) is 2. The molecule has 26 heavy (non-hydrogen) atoms. The summed E-state index contributed by atoms with van der Waals surface area (Å²) in [4.78, 5) is 27.9. The highest BCUT2D eigenvalue weighted by atomic mass is 32.1. The molecule has 6 nitrogen and oxygen atoms in total. The Morgan fingerprint density at radius 1 is 1.19 bits per heavy atom. The molecule has 0 saturated heterocycles. The molecule has 0 spiro atoms. The highest BCUT2D eigenvalue weighted by Gasteiger charge is 2.24. The zero-order valence-electron chi connectivity index (χ0n) is 13.6. The molecule has 0 atom stereocenters. The number of esters is 1. The Balaban J connectivity index is 1.38. The van der Waals surface area contributed by atoms with Crippen molar-refractivity contribution in [3.05, 3.63) is 59.5 Å². The monoisotopic (exact) mass is 366 g/mol. The summed E-state index contributed by atoms with van der Waals surface area (Å²) in [7, 11) is 0. The Morgan fingerprint density at radius 3 is 2.88 bits per heavy atom. The van der Waals surface area contributed by atoms with Gasteiger partial charge in [0.05, 0.1) is 12.1 Å². The lowest BCUT2D eigenvalue weighted by molar-refractivity contribution is -0.131. The van der Waals surface area contributed by atoms with Crippen LogP contribution < -0.4 is 14.8 Å². The molecule has 4 rings (SSSR count). The second kappa shape index (κ2) is 6.97. The number of carbonyl (C=O) groups excluding carboxylic acids is 2. The third-order valence-corrected chi connectivity index (χ3v) is 4.55. The van der Waals surface area contributed by atoms with Crippen molar-refractivity contribution in [2.24, 2.45) is 0 Å². The molecule has 2 aromatic carbocycles. The predicted molar refractivity (Wildman–Crippen MR) is 97.5 cm³/mol. The van der Waals surface area contributed by atoms with E-state index in [4.69, 9.17) is 9.47 Å². The van der Waals surface area contributed by atoms with Crippen LogP contribution in [0.2, 0.25) is 0 Å². The van der Waals surface area contributed by atoms with Crippen molar-refractivity contribution in [1.82, 2.24) is 4.98 Å². The third-order valence-electron chi connectivity index (χ3n) is 3.79. The quantitative estimate of drug-likeness (QED) is 0.554. The van der Waals surface area contributed by atoms with Crippen molar-refractivity contribution in [2.75, 3.05) is 11.9 Å². The SMILES string of the molecule is O=C(COc1cccc2c1OC(=O)C2)Nc1nc(-c2ccccc2)cs1. The number of thiazole rings is 1. The molecule has 7 heteroatoms. The van der Waals surface area contributed by atoms with Crippen molar-refractivity contribution >= 4 is 28.3 Å². The number of hydrogen-bond acceptors (Lipinski definition) is 6. The molecule has 0 bridgehead atoms. The van der Waals surface area contributed by atoms with Gasteiger partial charge in [-0.25, -0.2) is 4.98 Å². The lowest BCUT2D eigenvalue weighted by Gasteiger charge is -2.08. The number of carbonyl (C=O) groups is 2. The summed E-state index contributed by atoms with van der Waals surface area (Å²) in [5, 5.41) is 5.10. The van der Waals surface area contributed by atoms with Crippen LogP contribution in [0.15, 0.2) is 53.9 Å². The summed E-state index contributed by atoms with van der Waals surface area (Å²) in [6.45, 7) is -0.200. The van der Waals surface area contributed by atoms with Gasteiger partial charge in [0.1, 0.15) is 0 Å². The van der Waals surface area contributed by atoms with Crippen LogP contribution in [0, 0.1) is 0 Å². The van der Waals surface area contributed by atoms with E-state index in [1.165, 1.54) is 11.3 Å². The number of hydrogen-bond donors (Lipinski definition) is 1. The zero-order chi connectivity index (χ0) is 17.9. The Hall–Kier alpha value is -3.19. The second-order valence-electron chi connectivity index (χ2n) is 5.64. The van der Waals surface area contributed by atoms with Gasteiger partial charge >= 0.3 is 5.97 Å². The van der Waals surface area contributed by atoms with Crippen LogP contribution >= 0.6 is 11.3 Å². The largest absolute Gasteiger partial charge is 0.480 e. The highest BCUT2D eigenvalue weighted by Crippen LogP contribution is 2.35. The van der Waals surface area contributed by atoms with E-state index in [0.29, 0.717) is 16.6 Å². The Bertz CT molecular complexity index is 969. The molecule has 1 amide bonds. The summed E-state index contributed by atoms with van der Waals surface area (Å²) in [6.07, 6.45) is 0.222. The molecule has 2 heterocycles. The van der Waals surface area contributed by atoms with Crippen LogP contribution in [0.4, 0.5) is 5.13 Å². The van der Waals surface area contributed by atoms with E-state index in [9.17, 15) is 9.59 Å². The average molecular weight is 366 g/mol. The van der Waals surface area contributed by atoms with Crippen molar-refractivity contribution < 1.29 is 19.1 Å². The van der Waals surface area contributed by atoms with Crippen LogP contribution in [0.5, 0.6) is 11.5 Å². The van der Waals surface area contributed by atoms with E-state index >= 15 is 0 Å². The molecule has 1 aromatic heterocycles. The number of amides is 1. The van der Waals surface area contributed by atoms with Gasteiger partial charge < -0.3 is 9.47 Å². The number of fused-ring (bicyclic) bond motifs is 1. The van der Waals surface area contributed by atoms with Gasteiger partial charge in [-0.2, -0.15) is 0 Å². The molecule has 1 aliphatic heterocycles. The first-order chi connectivity index (χ1) is 12.7. The molecule has 0 saturated carbocycles. The van der Waals surface area contributed by atoms with E-state index < -0.39 is 0 Å². The smallest absolute Gasteiger partial charge is 0.315 e. The summed E-state index contributed by atoms with van der Waals surface area (Å²) in [5.74, 6) is 0.121. The maximum atomic E-state index is 12.1. The first-order valence-electron chi connectivity index (χ1n) is 7.95. The number of para-hydroxylation sites is 1. The topological polar surface area (TPSA) is 77.5 Å². The summed E-state index contributed by atoms with van der Waals surface area (Å²) >= 11 is 1.35. The minimum atomic E-state index is -0.333. The van der Waals surface area contributed by atoms with Crippen LogP contribution in [-0.2, 0) is 16.0 Å². The number of benzene rings is 2. The standard InChI is InChI=1S/C19H14N2O4S/c22-16(10-24-15-8-4-7-13-9-17(23)25-18(13)15)21-19-20-14(11-26-19)12-5-2-1-3-6-12/h1-8,11H,9-10H2,(H,20,21,22). The van der Waals surface area contributed by atoms with Gasteiger partial charge in [0, 0.05) is 16.5 Å². The second-order valence-corrected chi connectivity index (χ2v) is 6.49. The van der Waals surface area contributed by atoms with Crippen molar-refractivity contribution in [1.29, 1.82) is 0 Å². The molecule has 130 valence electrons. The molecule has 0 unspecified atom stereocenters. The van der Waals surface area contributed by atoms with E-state index in [-0.39, 0.29) is 24.9 Å². The minimum absolute atomic E-state index is 0.200. The van der Waals surface area contributed by atoms with Crippen LogP contribution in [0.25, 0.3) is 11.3 Å². The van der Waals surface area contributed by atoms with E-state index in [1.54, 1.807) is 18.2 Å². The fourth-order valence-corrected chi connectivity index (χ4v) is 3.34. The van der Waals surface area contributed by atoms with Crippen molar-refractivity contribution in [2.45, 2.75) is 6.42 Å². The summed E-state index contributed by atoms with van der Waals surface area (Å²) < 4.78 is 10.6. The van der Waals surface area contributed by atoms with Gasteiger partial charge in [0.25, 0.3) is 5.91 Å². The molecule has 0 radical (unpaired) electrons. The number of anilines is 1. The molecular formula is C19H14N2O4S. The highest BCUT2D eigenvalue weighted by molar-refractivity contribution is 7.14. The fraction of sp³-hybridized carbons (Fsp3) is 0.105. The zero-order valence-corrected chi connectivity index (χ0v) is 14.4. The first kappa shape index (κ1) is 16.3. The van der Waals surface area contributed by atoms with Gasteiger partial charge in [0.2, 0.25) is 0 Å². The summed E-state index contributed by atoms with van der Waals surface area (Å²) in [5.41, 5.74) is 2.56. The van der Waals surface area contributed by atoms with Crippen molar-refractivity contribution in [3.8, 4) is 22.8 Å².